The lowest BCUT2D eigenvalue weighted by molar-refractivity contribution is -0.148. The van der Waals surface area contributed by atoms with E-state index in [1.807, 2.05) is 18.2 Å². The minimum absolute atomic E-state index is 0.0990. The summed E-state index contributed by atoms with van der Waals surface area (Å²) < 4.78 is 35.6. The first-order valence-electron chi connectivity index (χ1n) is 12.7. The van der Waals surface area contributed by atoms with E-state index in [-0.39, 0.29) is 32.3 Å². The zero-order chi connectivity index (χ0) is 27.6. The minimum Gasteiger partial charge on any atom is -0.482 e. The Morgan fingerprint density at radius 1 is 0.950 bits per heavy atom. The van der Waals surface area contributed by atoms with Crippen molar-refractivity contribution in [3.63, 3.8) is 0 Å². The lowest BCUT2D eigenvalue weighted by Gasteiger charge is -2.32. The number of carbonyl (C=O) groups excluding carboxylic acids is 3. The van der Waals surface area contributed by atoms with Gasteiger partial charge in [-0.2, -0.15) is 0 Å². The molecule has 6 rings (SSSR count). The maximum absolute atomic E-state index is 13.7. The summed E-state index contributed by atoms with van der Waals surface area (Å²) in [7, 11) is 0. The second-order valence-corrected chi connectivity index (χ2v) is 9.53. The lowest BCUT2D eigenvalue weighted by Crippen LogP contribution is -2.45. The van der Waals surface area contributed by atoms with Gasteiger partial charge in [-0.25, -0.2) is 14.2 Å². The van der Waals surface area contributed by atoms with Gasteiger partial charge in [0.15, 0.2) is 18.1 Å². The van der Waals surface area contributed by atoms with Crippen molar-refractivity contribution in [3.8, 4) is 17.2 Å². The fourth-order valence-electron chi connectivity index (χ4n) is 4.93. The van der Waals surface area contributed by atoms with Crippen molar-refractivity contribution in [2.24, 2.45) is 10.9 Å². The number of rotatable bonds is 7. The second kappa shape index (κ2) is 10.7. The SMILES string of the molecule is O=C1COc2ccc(C3NC(=O)N=C(CCc4ccc5c(c4)OCO5)C3C(=O)OCc3cccc(F)c3)cc2N1. The maximum Gasteiger partial charge on any atom is 0.341 e. The molecule has 40 heavy (non-hydrogen) atoms. The summed E-state index contributed by atoms with van der Waals surface area (Å²) in [5, 5.41) is 5.52. The van der Waals surface area contributed by atoms with E-state index < -0.39 is 29.8 Å². The minimum atomic E-state index is -0.974. The molecular formula is C29H24FN3O7. The summed E-state index contributed by atoms with van der Waals surface area (Å²) in [4.78, 5) is 42.4. The van der Waals surface area contributed by atoms with E-state index in [2.05, 4.69) is 15.6 Å². The molecule has 3 aromatic rings. The summed E-state index contributed by atoms with van der Waals surface area (Å²) >= 11 is 0. The van der Waals surface area contributed by atoms with Gasteiger partial charge in [-0.15, -0.1) is 0 Å². The van der Waals surface area contributed by atoms with Crippen molar-refractivity contribution in [1.29, 1.82) is 0 Å². The molecule has 2 atom stereocenters. The van der Waals surface area contributed by atoms with Crippen molar-refractivity contribution in [3.05, 3.63) is 83.2 Å². The topological polar surface area (TPSA) is 125 Å². The highest BCUT2D eigenvalue weighted by Gasteiger charge is 2.40. The van der Waals surface area contributed by atoms with Gasteiger partial charge in [0.05, 0.1) is 11.7 Å². The van der Waals surface area contributed by atoms with Crippen molar-refractivity contribution in [2.45, 2.75) is 25.5 Å². The molecule has 0 fully saturated rings. The number of anilines is 1. The Balaban J connectivity index is 1.29. The summed E-state index contributed by atoms with van der Waals surface area (Å²) in [5.41, 5.74) is 2.72. The van der Waals surface area contributed by atoms with Crippen LogP contribution in [0.4, 0.5) is 14.9 Å². The van der Waals surface area contributed by atoms with Crippen LogP contribution in [0.2, 0.25) is 0 Å². The molecule has 0 radical (unpaired) electrons. The number of benzene rings is 3. The monoisotopic (exact) mass is 545 g/mol. The van der Waals surface area contributed by atoms with E-state index in [0.717, 1.165) is 5.56 Å². The number of nitrogens with one attached hydrogen (secondary N) is 2. The predicted molar refractivity (Wildman–Crippen MR) is 140 cm³/mol. The molecule has 2 N–H and O–H groups in total. The van der Waals surface area contributed by atoms with Crippen LogP contribution in [-0.2, 0) is 27.4 Å². The molecule has 10 nitrogen and oxygen atoms in total. The van der Waals surface area contributed by atoms with Crippen LogP contribution in [0.15, 0.2) is 65.7 Å². The van der Waals surface area contributed by atoms with Gasteiger partial charge in [-0.3, -0.25) is 9.59 Å². The Kier molecular flexibility index (Phi) is 6.77. The first kappa shape index (κ1) is 25.4. The van der Waals surface area contributed by atoms with Crippen molar-refractivity contribution < 1.29 is 37.7 Å². The molecule has 0 aromatic heterocycles. The normalized spacial score (nSPS) is 19.1. The predicted octanol–water partition coefficient (Wildman–Crippen LogP) is 4.08. The fourth-order valence-corrected chi connectivity index (χ4v) is 4.93. The quantitative estimate of drug-likeness (QED) is 0.429. The molecule has 0 aliphatic carbocycles. The second-order valence-electron chi connectivity index (χ2n) is 9.53. The maximum atomic E-state index is 13.7. The zero-order valence-electron chi connectivity index (χ0n) is 21.1. The van der Waals surface area contributed by atoms with E-state index in [1.54, 1.807) is 24.3 Å². The number of amides is 3. The van der Waals surface area contributed by atoms with Crippen LogP contribution in [-0.4, -0.2) is 37.0 Å². The summed E-state index contributed by atoms with van der Waals surface area (Å²) in [6, 6.07) is 14.9. The molecule has 3 aliphatic rings. The number of fused-ring (bicyclic) bond motifs is 2. The standard InChI is InChI=1S/C29H24FN3O7/c30-19-3-1-2-17(10-19)13-38-28(35)26-20(7-4-16-5-8-23-24(11-16)40-15-39-23)32-29(36)33-27(26)18-6-9-22-21(12-18)31-25(34)14-37-22/h1-3,5-6,8-12,26-27H,4,7,13-15H2,(H,31,34)(H,33,36). The summed E-state index contributed by atoms with van der Waals surface area (Å²) in [6.07, 6.45) is 0.755. The molecule has 0 spiro atoms. The number of nitrogens with zero attached hydrogens (tertiary/aromatic N) is 1. The van der Waals surface area contributed by atoms with Gasteiger partial charge < -0.3 is 29.6 Å². The number of hydrogen-bond acceptors (Lipinski definition) is 7. The number of esters is 1. The molecule has 0 saturated heterocycles. The van der Waals surface area contributed by atoms with Gasteiger partial charge in [0, 0.05) is 5.71 Å². The number of hydrogen-bond donors (Lipinski definition) is 2. The van der Waals surface area contributed by atoms with E-state index in [9.17, 15) is 18.8 Å². The smallest absolute Gasteiger partial charge is 0.341 e. The summed E-state index contributed by atoms with van der Waals surface area (Å²) in [6.45, 7) is -0.103. The van der Waals surface area contributed by atoms with Crippen LogP contribution < -0.4 is 24.8 Å². The van der Waals surface area contributed by atoms with Crippen LogP contribution in [0.3, 0.4) is 0 Å². The van der Waals surface area contributed by atoms with Crippen molar-refractivity contribution in [2.75, 3.05) is 18.7 Å². The first-order valence-corrected chi connectivity index (χ1v) is 12.7. The average molecular weight is 546 g/mol. The van der Waals surface area contributed by atoms with Crippen molar-refractivity contribution in [1.82, 2.24) is 5.32 Å². The molecule has 0 bridgehead atoms. The van der Waals surface area contributed by atoms with Crippen LogP contribution in [0, 0.1) is 11.7 Å². The van der Waals surface area contributed by atoms with Gasteiger partial charge in [0.25, 0.3) is 5.91 Å². The van der Waals surface area contributed by atoms with Crippen LogP contribution in [0.25, 0.3) is 0 Å². The first-order chi connectivity index (χ1) is 19.4. The van der Waals surface area contributed by atoms with E-state index in [4.69, 9.17) is 18.9 Å². The number of halogens is 1. The number of aryl methyl sites for hydroxylation is 1. The highest BCUT2D eigenvalue weighted by Crippen LogP contribution is 2.36. The third-order valence-corrected chi connectivity index (χ3v) is 6.84. The Morgan fingerprint density at radius 2 is 1.80 bits per heavy atom. The largest absolute Gasteiger partial charge is 0.482 e. The molecular weight excluding hydrogens is 521 g/mol. The Hall–Kier alpha value is -4.93. The molecule has 11 heteroatoms. The Bertz CT molecular complexity index is 1540. The highest BCUT2D eigenvalue weighted by molar-refractivity contribution is 6.09. The number of ether oxygens (including phenoxy) is 4. The van der Waals surface area contributed by atoms with Crippen LogP contribution in [0.1, 0.15) is 29.2 Å². The molecule has 3 aliphatic heterocycles. The van der Waals surface area contributed by atoms with E-state index >= 15 is 0 Å². The summed E-state index contributed by atoms with van der Waals surface area (Å²) in [5.74, 6) is -0.596. The number of carbonyl (C=O) groups is 3. The molecule has 3 amide bonds. The third-order valence-electron chi connectivity index (χ3n) is 6.84. The average Bonchev–Trinajstić information content (AvgIpc) is 3.42. The number of aliphatic imine (C=N–C) groups is 1. The highest BCUT2D eigenvalue weighted by atomic mass is 19.1. The van der Waals surface area contributed by atoms with Gasteiger partial charge in [0.1, 0.15) is 24.1 Å². The van der Waals surface area contributed by atoms with Gasteiger partial charge >= 0.3 is 12.0 Å². The zero-order valence-corrected chi connectivity index (χ0v) is 21.1. The third kappa shape index (κ3) is 5.31. The number of urea groups is 1. The van der Waals surface area contributed by atoms with Crippen molar-refractivity contribution >= 4 is 29.3 Å². The van der Waals surface area contributed by atoms with Gasteiger partial charge in [-0.05, 0) is 65.9 Å². The van der Waals surface area contributed by atoms with E-state index in [0.29, 0.717) is 46.2 Å². The molecule has 0 saturated carbocycles. The molecule has 3 heterocycles. The van der Waals surface area contributed by atoms with E-state index in [1.165, 1.54) is 18.2 Å². The Morgan fingerprint density at radius 3 is 2.67 bits per heavy atom. The molecule has 3 aromatic carbocycles. The van der Waals surface area contributed by atoms with Gasteiger partial charge in [0.2, 0.25) is 6.79 Å². The Labute approximate surface area is 228 Å². The molecule has 204 valence electrons. The lowest BCUT2D eigenvalue weighted by atomic mass is 9.85. The van der Waals surface area contributed by atoms with Crippen LogP contribution >= 0.6 is 0 Å². The van der Waals surface area contributed by atoms with Gasteiger partial charge in [-0.1, -0.05) is 24.3 Å². The fraction of sp³-hybridized carbons (Fsp3) is 0.241. The van der Waals surface area contributed by atoms with Crippen LogP contribution in [0.5, 0.6) is 17.2 Å². The molecule has 2 unspecified atom stereocenters.